The number of fused-ring (bicyclic) bond motifs is 1. The molecule has 1 aromatic heterocycles. The molecule has 0 saturated heterocycles. The third kappa shape index (κ3) is 2.59. The Kier molecular flexibility index (Phi) is 3.14. The molecule has 112 valence electrons. The van der Waals surface area contributed by atoms with Crippen molar-refractivity contribution in [2.24, 2.45) is 0 Å². The molecule has 0 bridgehead atoms. The summed E-state index contributed by atoms with van der Waals surface area (Å²) in [5.74, 6) is 1.58. The predicted octanol–water partition coefficient (Wildman–Crippen LogP) is 2.38. The van der Waals surface area contributed by atoms with E-state index in [0.717, 1.165) is 18.5 Å². The van der Waals surface area contributed by atoms with E-state index in [-0.39, 0.29) is 5.91 Å². The Morgan fingerprint density at radius 1 is 1.09 bits per heavy atom. The molecular weight excluding hydrogens is 282 g/mol. The highest BCUT2D eigenvalue weighted by Gasteiger charge is 2.26. The number of nitrogens with zero attached hydrogens (tertiary/aromatic N) is 2. The van der Waals surface area contributed by atoms with Crippen LogP contribution >= 0.6 is 0 Å². The molecule has 1 fully saturated rings. The van der Waals surface area contributed by atoms with Crippen LogP contribution in [0.15, 0.2) is 30.6 Å². The summed E-state index contributed by atoms with van der Waals surface area (Å²) in [6.07, 6.45) is 3.73. The highest BCUT2D eigenvalue weighted by atomic mass is 16.6. The monoisotopic (exact) mass is 297 g/mol. The van der Waals surface area contributed by atoms with E-state index in [1.165, 1.54) is 6.33 Å². The lowest BCUT2D eigenvalue weighted by Crippen LogP contribution is -2.17. The predicted molar refractivity (Wildman–Crippen MR) is 79.4 cm³/mol. The zero-order valence-electron chi connectivity index (χ0n) is 11.9. The standard InChI is InChI=1S/C16H15N3O3/c20-16(13-8-12(10-1-2-10)17-9-18-13)19-11-3-4-14-15(7-11)22-6-5-21-14/h3-4,7-10H,1-2,5-6H2,(H,19,20). The molecule has 2 aliphatic rings. The Morgan fingerprint density at radius 2 is 1.91 bits per heavy atom. The SMILES string of the molecule is O=C(Nc1ccc2c(c1)OCCO2)c1cc(C2CC2)ncn1. The second kappa shape index (κ2) is 5.29. The zero-order valence-corrected chi connectivity index (χ0v) is 11.9. The Bertz CT molecular complexity index is 728. The van der Waals surface area contributed by atoms with Gasteiger partial charge in [0, 0.05) is 23.4 Å². The summed E-state index contributed by atoms with van der Waals surface area (Å²) in [6, 6.07) is 7.11. The summed E-state index contributed by atoms with van der Waals surface area (Å²) in [5, 5.41) is 2.83. The number of aromatic nitrogens is 2. The van der Waals surface area contributed by atoms with Gasteiger partial charge in [-0.3, -0.25) is 4.79 Å². The molecule has 2 heterocycles. The molecule has 1 saturated carbocycles. The molecule has 4 rings (SSSR count). The summed E-state index contributed by atoms with van der Waals surface area (Å²) < 4.78 is 11.0. The first-order chi connectivity index (χ1) is 10.8. The van der Waals surface area contributed by atoms with Gasteiger partial charge in [0.2, 0.25) is 0 Å². The first kappa shape index (κ1) is 13.1. The number of carbonyl (C=O) groups is 1. The minimum Gasteiger partial charge on any atom is -0.486 e. The van der Waals surface area contributed by atoms with Crippen molar-refractivity contribution in [1.29, 1.82) is 0 Å². The van der Waals surface area contributed by atoms with Gasteiger partial charge in [0.1, 0.15) is 25.2 Å². The van der Waals surface area contributed by atoms with Crippen molar-refractivity contribution < 1.29 is 14.3 Å². The summed E-state index contributed by atoms with van der Waals surface area (Å²) in [5.41, 5.74) is 1.98. The molecule has 1 N–H and O–H groups in total. The molecule has 1 aliphatic carbocycles. The fourth-order valence-corrected chi connectivity index (χ4v) is 2.42. The van der Waals surface area contributed by atoms with E-state index in [2.05, 4.69) is 15.3 Å². The maximum absolute atomic E-state index is 12.3. The van der Waals surface area contributed by atoms with Crippen LogP contribution in [0.3, 0.4) is 0 Å². The van der Waals surface area contributed by atoms with Crippen LogP contribution < -0.4 is 14.8 Å². The quantitative estimate of drug-likeness (QED) is 0.941. The van der Waals surface area contributed by atoms with Gasteiger partial charge in [-0.2, -0.15) is 0 Å². The molecule has 6 heteroatoms. The topological polar surface area (TPSA) is 73.3 Å². The van der Waals surface area contributed by atoms with Gasteiger partial charge in [-0.25, -0.2) is 9.97 Å². The van der Waals surface area contributed by atoms with Crippen molar-refractivity contribution in [3.8, 4) is 11.5 Å². The fourth-order valence-electron chi connectivity index (χ4n) is 2.42. The molecule has 0 atom stereocenters. The van der Waals surface area contributed by atoms with E-state index in [4.69, 9.17) is 9.47 Å². The highest BCUT2D eigenvalue weighted by Crippen LogP contribution is 2.38. The van der Waals surface area contributed by atoms with Crippen LogP contribution in [0.1, 0.15) is 34.9 Å². The van der Waals surface area contributed by atoms with Crippen molar-refractivity contribution in [2.45, 2.75) is 18.8 Å². The zero-order chi connectivity index (χ0) is 14.9. The molecule has 0 unspecified atom stereocenters. The molecule has 1 amide bonds. The minimum absolute atomic E-state index is 0.249. The van der Waals surface area contributed by atoms with Crippen molar-refractivity contribution in [3.05, 3.63) is 42.0 Å². The van der Waals surface area contributed by atoms with Gasteiger partial charge < -0.3 is 14.8 Å². The molecule has 6 nitrogen and oxygen atoms in total. The average Bonchev–Trinajstić information content (AvgIpc) is 3.40. The second-order valence-electron chi connectivity index (χ2n) is 5.41. The first-order valence-corrected chi connectivity index (χ1v) is 7.32. The Hall–Kier alpha value is -2.63. The molecule has 1 aliphatic heterocycles. The lowest BCUT2D eigenvalue weighted by molar-refractivity contribution is 0.102. The lowest BCUT2D eigenvalue weighted by atomic mass is 10.2. The number of carbonyl (C=O) groups excluding carboxylic acids is 1. The van der Waals surface area contributed by atoms with Crippen LogP contribution in [-0.2, 0) is 0 Å². The van der Waals surface area contributed by atoms with Crippen LogP contribution in [0.5, 0.6) is 11.5 Å². The van der Waals surface area contributed by atoms with E-state index >= 15 is 0 Å². The van der Waals surface area contributed by atoms with Crippen molar-refractivity contribution in [1.82, 2.24) is 9.97 Å². The molecule has 1 aromatic carbocycles. The van der Waals surface area contributed by atoms with Gasteiger partial charge in [-0.15, -0.1) is 0 Å². The number of ether oxygens (including phenoxy) is 2. The molecule has 22 heavy (non-hydrogen) atoms. The van der Waals surface area contributed by atoms with E-state index in [9.17, 15) is 4.79 Å². The van der Waals surface area contributed by atoms with Crippen molar-refractivity contribution in [3.63, 3.8) is 0 Å². The normalized spacial score (nSPS) is 16.2. The summed E-state index contributed by atoms with van der Waals surface area (Å²) in [7, 11) is 0. The van der Waals surface area contributed by atoms with Crippen molar-refractivity contribution in [2.75, 3.05) is 18.5 Å². The lowest BCUT2D eigenvalue weighted by Gasteiger charge is -2.18. The van der Waals surface area contributed by atoms with E-state index in [0.29, 0.717) is 42.0 Å². The number of nitrogens with one attached hydrogen (secondary N) is 1. The molecule has 0 spiro atoms. The smallest absolute Gasteiger partial charge is 0.274 e. The van der Waals surface area contributed by atoms with Crippen LogP contribution in [0, 0.1) is 0 Å². The van der Waals surface area contributed by atoms with Crippen molar-refractivity contribution >= 4 is 11.6 Å². The van der Waals surface area contributed by atoms with Crippen LogP contribution in [-0.4, -0.2) is 29.1 Å². The van der Waals surface area contributed by atoms with Crippen LogP contribution in [0.4, 0.5) is 5.69 Å². The van der Waals surface area contributed by atoms with Gasteiger partial charge in [0.25, 0.3) is 5.91 Å². The van der Waals surface area contributed by atoms with Gasteiger partial charge in [-0.05, 0) is 31.0 Å². The second-order valence-corrected chi connectivity index (χ2v) is 5.41. The maximum atomic E-state index is 12.3. The van der Waals surface area contributed by atoms with Gasteiger partial charge in [-0.1, -0.05) is 0 Å². The average molecular weight is 297 g/mol. The van der Waals surface area contributed by atoms with Gasteiger partial charge >= 0.3 is 0 Å². The largest absolute Gasteiger partial charge is 0.486 e. The molecule has 0 radical (unpaired) electrons. The van der Waals surface area contributed by atoms with E-state index in [1.54, 1.807) is 24.3 Å². The van der Waals surface area contributed by atoms with Gasteiger partial charge in [0.15, 0.2) is 11.5 Å². The number of benzene rings is 1. The van der Waals surface area contributed by atoms with E-state index in [1.807, 2.05) is 0 Å². The highest BCUT2D eigenvalue weighted by molar-refractivity contribution is 6.03. The van der Waals surface area contributed by atoms with Gasteiger partial charge in [0.05, 0.1) is 0 Å². The minimum atomic E-state index is -0.249. The van der Waals surface area contributed by atoms with Crippen LogP contribution in [0.2, 0.25) is 0 Å². The Morgan fingerprint density at radius 3 is 2.73 bits per heavy atom. The Balaban J connectivity index is 1.52. The number of rotatable bonds is 3. The van der Waals surface area contributed by atoms with Crippen LogP contribution in [0.25, 0.3) is 0 Å². The number of anilines is 1. The Labute approximate surface area is 127 Å². The number of amides is 1. The maximum Gasteiger partial charge on any atom is 0.274 e. The fraction of sp³-hybridized carbons (Fsp3) is 0.312. The number of hydrogen-bond donors (Lipinski definition) is 1. The molecular formula is C16H15N3O3. The number of hydrogen-bond acceptors (Lipinski definition) is 5. The summed E-state index contributed by atoms with van der Waals surface area (Å²) in [4.78, 5) is 20.6. The summed E-state index contributed by atoms with van der Waals surface area (Å²) in [6.45, 7) is 1.06. The van der Waals surface area contributed by atoms with E-state index < -0.39 is 0 Å². The third-order valence-corrected chi connectivity index (χ3v) is 3.72. The third-order valence-electron chi connectivity index (χ3n) is 3.72. The summed E-state index contributed by atoms with van der Waals surface area (Å²) >= 11 is 0. The first-order valence-electron chi connectivity index (χ1n) is 7.32. The molecule has 2 aromatic rings.